The van der Waals surface area contributed by atoms with E-state index < -0.39 is 11.5 Å². The van der Waals surface area contributed by atoms with Gasteiger partial charge in [0.05, 0.1) is 0 Å². The first-order valence-corrected chi connectivity index (χ1v) is 5.96. The number of likely N-dealkylation sites (N-methyl/N-ethyl adjacent to an activating group) is 1. The lowest BCUT2D eigenvalue weighted by Crippen LogP contribution is -2.49. The van der Waals surface area contributed by atoms with Crippen molar-refractivity contribution in [3.8, 4) is 0 Å². The predicted molar refractivity (Wildman–Crippen MR) is 65.9 cm³/mol. The normalized spacial score (nSPS) is 14.5. The molecule has 0 saturated carbocycles. The zero-order chi connectivity index (χ0) is 12.9. The number of aryl methyl sites for hydroxylation is 2. The summed E-state index contributed by atoms with van der Waals surface area (Å²) in [6.07, 6.45) is 3.14. The van der Waals surface area contributed by atoms with Gasteiger partial charge in [0.15, 0.2) is 0 Å². The topological polar surface area (TPSA) is 67.2 Å². The lowest BCUT2D eigenvalue weighted by atomic mass is 9.96. The van der Waals surface area contributed by atoms with Gasteiger partial charge in [0, 0.05) is 18.4 Å². The maximum Gasteiger partial charge on any atom is 0.323 e. The van der Waals surface area contributed by atoms with Gasteiger partial charge in [-0.15, -0.1) is 0 Å². The van der Waals surface area contributed by atoms with E-state index in [1.165, 1.54) is 0 Å². The van der Waals surface area contributed by atoms with E-state index in [-0.39, 0.29) is 0 Å². The minimum Gasteiger partial charge on any atom is -0.480 e. The summed E-state index contributed by atoms with van der Waals surface area (Å²) in [7, 11) is 0. The van der Waals surface area contributed by atoms with E-state index in [0.717, 1.165) is 18.7 Å². The molecular weight excluding hydrogens is 218 g/mol. The molecule has 5 nitrogen and oxygen atoms in total. The van der Waals surface area contributed by atoms with Crippen molar-refractivity contribution in [1.29, 1.82) is 0 Å². The zero-order valence-electron chi connectivity index (χ0n) is 10.7. The Kier molecular flexibility index (Phi) is 4.69. The number of carboxylic acid groups (broad SMARTS) is 1. The Labute approximate surface area is 102 Å². The number of rotatable bonds is 7. The van der Waals surface area contributed by atoms with E-state index >= 15 is 0 Å². The van der Waals surface area contributed by atoms with Crippen molar-refractivity contribution in [1.82, 2.24) is 15.1 Å². The lowest BCUT2D eigenvalue weighted by molar-refractivity contribution is -0.144. The fourth-order valence-corrected chi connectivity index (χ4v) is 1.88. The van der Waals surface area contributed by atoms with Gasteiger partial charge in [-0.3, -0.25) is 9.48 Å². The van der Waals surface area contributed by atoms with Gasteiger partial charge < -0.3 is 10.4 Å². The molecule has 1 atom stereocenters. The highest BCUT2D eigenvalue weighted by molar-refractivity contribution is 5.78. The first-order valence-electron chi connectivity index (χ1n) is 5.96. The van der Waals surface area contributed by atoms with Crippen LogP contribution >= 0.6 is 0 Å². The van der Waals surface area contributed by atoms with Gasteiger partial charge in [0.25, 0.3) is 0 Å². The van der Waals surface area contributed by atoms with Gasteiger partial charge in [-0.2, -0.15) is 5.10 Å². The number of nitrogens with one attached hydrogen (secondary N) is 1. The summed E-state index contributed by atoms with van der Waals surface area (Å²) in [4.78, 5) is 11.2. The van der Waals surface area contributed by atoms with Crippen LogP contribution in [0.5, 0.6) is 0 Å². The number of hydrogen-bond donors (Lipinski definition) is 2. The van der Waals surface area contributed by atoms with Crippen LogP contribution in [0.2, 0.25) is 0 Å². The molecule has 0 bridgehead atoms. The maximum absolute atomic E-state index is 11.2. The third-order valence-electron chi connectivity index (χ3n) is 3.01. The molecule has 1 unspecified atom stereocenters. The fourth-order valence-electron chi connectivity index (χ4n) is 1.88. The van der Waals surface area contributed by atoms with Crippen molar-refractivity contribution in [3.05, 3.63) is 18.0 Å². The van der Waals surface area contributed by atoms with Gasteiger partial charge in [-0.25, -0.2) is 0 Å². The third-order valence-corrected chi connectivity index (χ3v) is 3.01. The SMILES string of the molecule is CCNC(C)(CCCn1nccc1C)C(=O)O. The van der Waals surface area contributed by atoms with Crippen molar-refractivity contribution in [2.75, 3.05) is 6.54 Å². The van der Waals surface area contributed by atoms with Crippen molar-refractivity contribution >= 4 is 5.97 Å². The number of carbonyl (C=O) groups is 1. The number of hydrogen-bond acceptors (Lipinski definition) is 3. The van der Waals surface area contributed by atoms with E-state index in [1.54, 1.807) is 13.1 Å². The van der Waals surface area contributed by atoms with Crippen LogP contribution in [0.3, 0.4) is 0 Å². The number of nitrogens with zero attached hydrogens (tertiary/aromatic N) is 2. The van der Waals surface area contributed by atoms with Gasteiger partial charge in [0.2, 0.25) is 0 Å². The molecule has 96 valence electrons. The van der Waals surface area contributed by atoms with Crippen LogP contribution in [-0.2, 0) is 11.3 Å². The quantitative estimate of drug-likeness (QED) is 0.755. The summed E-state index contributed by atoms with van der Waals surface area (Å²) in [6, 6.07) is 1.95. The molecule has 1 aromatic heterocycles. The van der Waals surface area contributed by atoms with Crippen LogP contribution in [0, 0.1) is 6.92 Å². The second kappa shape index (κ2) is 5.82. The van der Waals surface area contributed by atoms with Crippen molar-refractivity contribution in [3.63, 3.8) is 0 Å². The fraction of sp³-hybridized carbons (Fsp3) is 0.667. The van der Waals surface area contributed by atoms with Crippen molar-refractivity contribution in [2.24, 2.45) is 0 Å². The lowest BCUT2D eigenvalue weighted by Gasteiger charge is -2.25. The Morgan fingerprint density at radius 1 is 1.65 bits per heavy atom. The second-order valence-electron chi connectivity index (χ2n) is 4.47. The highest BCUT2D eigenvalue weighted by Crippen LogP contribution is 2.13. The molecule has 1 aromatic rings. The minimum atomic E-state index is -0.837. The summed E-state index contributed by atoms with van der Waals surface area (Å²) >= 11 is 0. The molecule has 0 fully saturated rings. The smallest absolute Gasteiger partial charge is 0.323 e. The van der Waals surface area contributed by atoms with E-state index in [2.05, 4.69) is 10.4 Å². The van der Waals surface area contributed by atoms with E-state index in [1.807, 2.05) is 24.6 Å². The maximum atomic E-state index is 11.2. The van der Waals surface area contributed by atoms with Crippen LogP contribution in [0.4, 0.5) is 0 Å². The summed E-state index contributed by atoms with van der Waals surface area (Å²) in [5.41, 5.74) is 0.265. The Morgan fingerprint density at radius 3 is 2.82 bits per heavy atom. The molecule has 0 saturated heterocycles. The van der Waals surface area contributed by atoms with Crippen LogP contribution in [0.25, 0.3) is 0 Å². The van der Waals surface area contributed by atoms with Crippen LogP contribution in [0.1, 0.15) is 32.4 Å². The Morgan fingerprint density at radius 2 is 2.35 bits per heavy atom. The summed E-state index contributed by atoms with van der Waals surface area (Å²) in [5.74, 6) is -0.795. The summed E-state index contributed by atoms with van der Waals surface area (Å²) in [5, 5.41) is 16.4. The van der Waals surface area contributed by atoms with Gasteiger partial charge >= 0.3 is 5.97 Å². The predicted octanol–water partition coefficient (Wildman–Crippen LogP) is 1.42. The third kappa shape index (κ3) is 3.56. The van der Waals surface area contributed by atoms with Crippen LogP contribution < -0.4 is 5.32 Å². The Bertz CT molecular complexity index is 376. The number of aliphatic carboxylic acids is 1. The van der Waals surface area contributed by atoms with E-state index in [9.17, 15) is 9.90 Å². The summed E-state index contributed by atoms with van der Waals surface area (Å²) in [6.45, 7) is 7.05. The Balaban J connectivity index is 2.48. The van der Waals surface area contributed by atoms with E-state index in [0.29, 0.717) is 13.0 Å². The van der Waals surface area contributed by atoms with E-state index in [4.69, 9.17) is 0 Å². The highest BCUT2D eigenvalue weighted by Gasteiger charge is 2.31. The van der Waals surface area contributed by atoms with Crippen LogP contribution in [-0.4, -0.2) is 32.9 Å². The first-order chi connectivity index (χ1) is 7.99. The van der Waals surface area contributed by atoms with Gasteiger partial charge in [-0.1, -0.05) is 6.92 Å². The minimum absolute atomic E-state index is 0.593. The molecule has 0 radical (unpaired) electrons. The molecule has 0 aliphatic rings. The van der Waals surface area contributed by atoms with Gasteiger partial charge in [-0.05, 0) is 39.3 Å². The van der Waals surface area contributed by atoms with Crippen LogP contribution in [0.15, 0.2) is 12.3 Å². The standard InChI is InChI=1S/C12H21N3O2/c1-4-13-12(3,11(16)17)7-5-9-15-10(2)6-8-14-15/h6,8,13H,4-5,7,9H2,1-3H3,(H,16,17). The molecule has 0 spiro atoms. The van der Waals surface area contributed by atoms with Gasteiger partial charge in [0.1, 0.15) is 5.54 Å². The molecular formula is C12H21N3O2. The number of carboxylic acids is 1. The molecule has 17 heavy (non-hydrogen) atoms. The molecule has 0 amide bonds. The largest absolute Gasteiger partial charge is 0.480 e. The average molecular weight is 239 g/mol. The first kappa shape index (κ1) is 13.7. The Hall–Kier alpha value is -1.36. The molecule has 0 aromatic carbocycles. The molecule has 0 aliphatic carbocycles. The number of aromatic nitrogens is 2. The average Bonchev–Trinajstić information content (AvgIpc) is 2.65. The molecule has 2 N–H and O–H groups in total. The van der Waals surface area contributed by atoms with Crippen molar-refractivity contribution < 1.29 is 9.90 Å². The molecule has 1 rings (SSSR count). The summed E-state index contributed by atoms with van der Waals surface area (Å²) < 4.78 is 1.90. The monoisotopic (exact) mass is 239 g/mol. The van der Waals surface area contributed by atoms with Crippen molar-refractivity contribution in [2.45, 2.75) is 45.7 Å². The second-order valence-corrected chi connectivity index (χ2v) is 4.47. The molecule has 0 aliphatic heterocycles. The molecule has 5 heteroatoms. The zero-order valence-corrected chi connectivity index (χ0v) is 10.7. The highest BCUT2D eigenvalue weighted by atomic mass is 16.4. The molecule has 1 heterocycles.